The molecule has 2 aromatic carbocycles. The molecule has 31 heavy (non-hydrogen) atoms. The number of para-hydroxylation sites is 1. The largest absolute Gasteiger partial charge is 0.508 e. The molecule has 3 amide bonds. The first kappa shape index (κ1) is 20.6. The number of carboxylic acids is 1. The fraction of sp³-hybridized carbons (Fsp3) is 0.0500. The number of amides is 3. The first-order valence-corrected chi connectivity index (χ1v) is 10.0. The molecule has 4 rings (SSSR count). The molecule has 0 unspecified atom stereocenters. The second kappa shape index (κ2) is 7.85. The lowest BCUT2D eigenvalue weighted by Crippen LogP contribution is -2.45. The van der Waals surface area contributed by atoms with Crippen molar-refractivity contribution in [2.45, 2.75) is 0 Å². The number of carboxylic acid groups (broad SMARTS) is 1. The lowest BCUT2D eigenvalue weighted by molar-refractivity contribution is -0.136. The van der Waals surface area contributed by atoms with Gasteiger partial charge >= 0.3 is 5.97 Å². The average molecular weight is 455 g/mol. The van der Waals surface area contributed by atoms with Crippen LogP contribution in [0.25, 0.3) is 5.57 Å². The Morgan fingerprint density at radius 3 is 2.52 bits per heavy atom. The number of aliphatic carboxylic acids is 1. The minimum Gasteiger partial charge on any atom is -0.508 e. The molecular weight excluding hydrogens is 442 g/mol. The summed E-state index contributed by atoms with van der Waals surface area (Å²) in [6.45, 7) is -0.562. The molecule has 0 spiro atoms. The van der Waals surface area contributed by atoms with Crippen LogP contribution in [0.2, 0.25) is 0 Å². The number of thioether (sulfide) groups is 1. The molecule has 0 radical (unpaired) electrons. The number of hydrazine groups is 1. The smallest absolute Gasteiger partial charge is 0.323 e. The molecule has 0 aliphatic carbocycles. The molecule has 0 atom stereocenters. The van der Waals surface area contributed by atoms with E-state index in [4.69, 9.17) is 17.3 Å². The van der Waals surface area contributed by atoms with E-state index in [9.17, 15) is 24.3 Å². The first-order chi connectivity index (χ1) is 14.8. The van der Waals surface area contributed by atoms with Crippen molar-refractivity contribution < 1.29 is 29.4 Å². The summed E-state index contributed by atoms with van der Waals surface area (Å²) < 4.78 is 0.00275. The standard InChI is InChI=1S/C20H13N3O6S2/c24-11-5-3-4-10(8-11)17(27)21-23-19(29)16(31-20(23)30)15-12-6-1-2-7-13(12)22(18(15)28)9-14(25)26/h1-8,24H,9H2,(H,21,27)(H,25,26)/b16-15+. The Hall–Kier alpha value is -3.70. The lowest BCUT2D eigenvalue weighted by atomic mass is 10.1. The molecular formula is C20H13N3O6S2. The van der Waals surface area contributed by atoms with E-state index >= 15 is 0 Å². The summed E-state index contributed by atoms with van der Waals surface area (Å²) in [5, 5.41) is 19.5. The van der Waals surface area contributed by atoms with Crippen molar-refractivity contribution in [2.75, 3.05) is 11.4 Å². The number of hydrogen-bond acceptors (Lipinski definition) is 7. The Morgan fingerprint density at radius 2 is 1.81 bits per heavy atom. The highest BCUT2D eigenvalue weighted by Gasteiger charge is 2.43. The number of thiocarbonyl (C=S) groups is 1. The Morgan fingerprint density at radius 1 is 1.06 bits per heavy atom. The summed E-state index contributed by atoms with van der Waals surface area (Å²) in [5.41, 5.74) is 3.30. The summed E-state index contributed by atoms with van der Waals surface area (Å²) in [6.07, 6.45) is 0. The number of phenolic OH excluding ortho intramolecular Hbond substituents is 1. The van der Waals surface area contributed by atoms with E-state index in [-0.39, 0.29) is 26.1 Å². The fourth-order valence-corrected chi connectivity index (χ4v) is 4.47. The van der Waals surface area contributed by atoms with Gasteiger partial charge in [0.05, 0.1) is 16.2 Å². The molecule has 0 saturated carbocycles. The Kier molecular flexibility index (Phi) is 5.21. The van der Waals surface area contributed by atoms with Crippen molar-refractivity contribution in [3.8, 4) is 5.75 Å². The van der Waals surface area contributed by atoms with E-state index in [0.717, 1.165) is 21.7 Å². The monoisotopic (exact) mass is 455 g/mol. The number of aromatic hydroxyl groups is 1. The molecule has 2 aliphatic heterocycles. The van der Waals surface area contributed by atoms with Crippen LogP contribution in [-0.2, 0) is 14.4 Å². The zero-order chi connectivity index (χ0) is 22.3. The maximum Gasteiger partial charge on any atom is 0.323 e. The lowest BCUT2D eigenvalue weighted by Gasteiger charge is -2.16. The number of carbonyl (C=O) groups excluding carboxylic acids is 3. The quantitative estimate of drug-likeness (QED) is 0.470. The van der Waals surface area contributed by atoms with Gasteiger partial charge in [-0.1, -0.05) is 36.0 Å². The predicted octanol–water partition coefficient (Wildman–Crippen LogP) is 1.74. The molecule has 2 aromatic rings. The van der Waals surface area contributed by atoms with Crippen LogP contribution in [-0.4, -0.2) is 49.8 Å². The summed E-state index contributed by atoms with van der Waals surface area (Å²) in [7, 11) is 0. The molecule has 1 fully saturated rings. The van der Waals surface area contributed by atoms with Gasteiger partial charge in [0, 0.05) is 11.1 Å². The number of phenols is 1. The predicted molar refractivity (Wildman–Crippen MR) is 116 cm³/mol. The van der Waals surface area contributed by atoms with Crippen LogP contribution in [0.15, 0.2) is 53.4 Å². The summed E-state index contributed by atoms with van der Waals surface area (Å²) in [4.78, 5) is 50.8. The van der Waals surface area contributed by atoms with E-state index < -0.39 is 30.2 Å². The summed E-state index contributed by atoms with van der Waals surface area (Å²) in [5.74, 6) is -3.34. The zero-order valence-corrected chi connectivity index (χ0v) is 17.2. The normalized spacial score (nSPS) is 17.9. The number of nitrogens with zero attached hydrogens (tertiary/aromatic N) is 2. The molecule has 0 bridgehead atoms. The third kappa shape index (κ3) is 3.64. The van der Waals surface area contributed by atoms with Crippen molar-refractivity contribution >= 4 is 63.3 Å². The van der Waals surface area contributed by atoms with Gasteiger partial charge < -0.3 is 10.2 Å². The number of nitrogens with one attached hydrogen (secondary N) is 1. The highest BCUT2D eigenvalue weighted by Crippen LogP contribution is 2.44. The van der Waals surface area contributed by atoms with E-state index in [1.54, 1.807) is 24.3 Å². The molecule has 3 N–H and O–H groups in total. The van der Waals surface area contributed by atoms with Crippen molar-refractivity contribution in [1.29, 1.82) is 0 Å². The van der Waals surface area contributed by atoms with Crippen molar-refractivity contribution in [3.05, 3.63) is 64.6 Å². The van der Waals surface area contributed by atoms with Crippen LogP contribution in [0.4, 0.5) is 5.69 Å². The summed E-state index contributed by atoms with van der Waals surface area (Å²) in [6, 6.07) is 12.1. The summed E-state index contributed by atoms with van der Waals surface area (Å²) >= 11 is 6.05. The number of anilines is 1. The van der Waals surface area contributed by atoms with Gasteiger partial charge in [0.2, 0.25) is 0 Å². The topological polar surface area (TPSA) is 127 Å². The highest BCUT2D eigenvalue weighted by molar-refractivity contribution is 8.26. The second-order valence-corrected chi connectivity index (χ2v) is 8.15. The molecule has 11 heteroatoms. The minimum atomic E-state index is -1.20. The maximum atomic E-state index is 13.0. The Labute approximate surface area is 184 Å². The fourth-order valence-electron chi connectivity index (χ4n) is 3.22. The van der Waals surface area contributed by atoms with Gasteiger partial charge in [0.1, 0.15) is 12.3 Å². The molecule has 9 nitrogen and oxygen atoms in total. The van der Waals surface area contributed by atoms with Gasteiger partial charge in [-0.05, 0) is 36.5 Å². The molecule has 2 heterocycles. The van der Waals surface area contributed by atoms with Crippen LogP contribution >= 0.6 is 24.0 Å². The first-order valence-electron chi connectivity index (χ1n) is 8.81. The number of hydrogen-bond donors (Lipinski definition) is 3. The highest BCUT2D eigenvalue weighted by atomic mass is 32.2. The van der Waals surface area contributed by atoms with Crippen molar-refractivity contribution in [2.24, 2.45) is 0 Å². The van der Waals surface area contributed by atoms with Crippen LogP contribution < -0.4 is 10.3 Å². The molecule has 1 saturated heterocycles. The van der Waals surface area contributed by atoms with Crippen molar-refractivity contribution in [3.63, 3.8) is 0 Å². The van der Waals surface area contributed by atoms with Crippen LogP contribution in [0, 0.1) is 0 Å². The third-order valence-electron chi connectivity index (χ3n) is 4.53. The van der Waals surface area contributed by atoms with Crippen LogP contribution in [0.1, 0.15) is 15.9 Å². The van der Waals surface area contributed by atoms with Gasteiger partial charge in [-0.25, -0.2) is 0 Å². The van der Waals surface area contributed by atoms with Gasteiger partial charge in [-0.3, -0.25) is 29.5 Å². The van der Waals surface area contributed by atoms with Crippen LogP contribution in [0.3, 0.4) is 0 Å². The minimum absolute atomic E-state index is 0.00275. The van der Waals surface area contributed by atoms with Crippen LogP contribution in [0.5, 0.6) is 5.75 Å². The van der Waals surface area contributed by atoms with E-state index in [0.29, 0.717) is 11.3 Å². The molecule has 156 valence electrons. The van der Waals surface area contributed by atoms with E-state index in [1.807, 2.05) is 0 Å². The average Bonchev–Trinajstić information content (AvgIpc) is 3.15. The van der Waals surface area contributed by atoms with Gasteiger partial charge in [0.25, 0.3) is 17.7 Å². The van der Waals surface area contributed by atoms with Gasteiger partial charge in [-0.15, -0.1) is 0 Å². The Bertz CT molecular complexity index is 1210. The van der Waals surface area contributed by atoms with Crippen molar-refractivity contribution in [1.82, 2.24) is 10.4 Å². The van der Waals surface area contributed by atoms with Gasteiger partial charge in [0.15, 0.2) is 4.32 Å². The number of fused-ring (bicyclic) bond motifs is 1. The third-order valence-corrected chi connectivity index (χ3v) is 5.91. The SMILES string of the molecule is O=C(O)CN1C(=O)/C(=C2/SC(=S)N(NC(=O)c3cccc(O)c3)C2=O)c2ccccc21. The van der Waals surface area contributed by atoms with E-state index in [1.165, 1.54) is 24.3 Å². The second-order valence-electron chi connectivity index (χ2n) is 6.51. The number of carbonyl (C=O) groups is 4. The Balaban J connectivity index is 1.68. The molecule has 0 aromatic heterocycles. The number of rotatable bonds is 4. The zero-order valence-electron chi connectivity index (χ0n) is 15.6. The van der Waals surface area contributed by atoms with E-state index in [2.05, 4.69) is 5.43 Å². The molecule has 2 aliphatic rings. The maximum absolute atomic E-state index is 13.0. The van der Waals surface area contributed by atoms with Gasteiger partial charge in [-0.2, -0.15) is 5.01 Å². The number of benzene rings is 2.